The van der Waals surface area contributed by atoms with Gasteiger partial charge in [0.2, 0.25) is 0 Å². The van der Waals surface area contributed by atoms with E-state index in [-0.39, 0.29) is 0 Å². The largest absolute Gasteiger partial charge is 0.315 e. The lowest BCUT2D eigenvalue weighted by atomic mass is 9.96. The first kappa shape index (κ1) is 15.2. The van der Waals surface area contributed by atoms with Crippen LogP contribution in [0, 0.1) is 19.8 Å². The van der Waals surface area contributed by atoms with Crippen molar-refractivity contribution in [3.05, 3.63) is 34.9 Å². The maximum atomic E-state index is 3.49. The van der Waals surface area contributed by atoms with Crippen LogP contribution in [-0.4, -0.2) is 12.6 Å². The molecule has 1 heteroatoms. The van der Waals surface area contributed by atoms with Crippen molar-refractivity contribution < 1.29 is 0 Å². The van der Waals surface area contributed by atoms with Crippen LogP contribution in [0.5, 0.6) is 0 Å². The predicted octanol–water partition coefficient (Wildman–Crippen LogP) is 4.26. The number of nitrogens with one attached hydrogen (secondary N) is 1. The van der Waals surface area contributed by atoms with Gasteiger partial charge in [-0.25, -0.2) is 0 Å². The first-order valence-corrected chi connectivity index (χ1v) is 7.28. The van der Waals surface area contributed by atoms with Crippen LogP contribution in [0.25, 0.3) is 0 Å². The Morgan fingerprint density at radius 3 is 2.33 bits per heavy atom. The van der Waals surface area contributed by atoms with E-state index in [4.69, 9.17) is 0 Å². The number of hydrogen-bond donors (Lipinski definition) is 1. The SMILES string of the molecule is Cc1ccc(CCC(C)CCNC(C)C)cc1C. The molecule has 1 rings (SSSR count). The Morgan fingerprint density at radius 2 is 1.72 bits per heavy atom. The van der Waals surface area contributed by atoms with E-state index in [1.54, 1.807) is 0 Å². The summed E-state index contributed by atoms with van der Waals surface area (Å²) in [5, 5.41) is 3.49. The van der Waals surface area contributed by atoms with Crippen LogP contribution >= 0.6 is 0 Å². The van der Waals surface area contributed by atoms with Crippen LogP contribution in [-0.2, 0) is 6.42 Å². The Kier molecular flexibility index (Phi) is 6.42. The first-order chi connectivity index (χ1) is 8.49. The van der Waals surface area contributed by atoms with Crippen molar-refractivity contribution in [1.82, 2.24) is 5.32 Å². The molecule has 0 heterocycles. The van der Waals surface area contributed by atoms with E-state index in [0.29, 0.717) is 6.04 Å². The van der Waals surface area contributed by atoms with Gasteiger partial charge >= 0.3 is 0 Å². The third-order valence-corrected chi connectivity index (χ3v) is 3.69. The second-order valence-corrected chi connectivity index (χ2v) is 5.96. The lowest BCUT2D eigenvalue weighted by molar-refractivity contribution is 0.454. The van der Waals surface area contributed by atoms with Gasteiger partial charge in [-0.15, -0.1) is 0 Å². The molecule has 1 nitrogen and oxygen atoms in total. The molecule has 102 valence electrons. The molecule has 1 atom stereocenters. The average Bonchev–Trinajstić information content (AvgIpc) is 2.30. The molecule has 0 fully saturated rings. The highest BCUT2D eigenvalue weighted by Crippen LogP contribution is 2.15. The van der Waals surface area contributed by atoms with Crippen LogP contribution < -0.4 is 5.32 Å². The lowest BCUT2D eigenvalue weighted by Crippen LogP contribution is -2.24. The maximum Gasteiger partial charge on any atom is 0.00103 e. The summed E-state index contributed by atoms with van der Waals surface area (Å²) in [6.07, 6.45) is 3.79. The molecular formula is C17H29N. The van der Waals surface area contributed by atoms with E-state index >= 15 is 0 Å². The molecule has 1 N–H and O–H groups in total. The summed E-state index contributed by atoms with van der Waals surface area (Å²) in [5.41, 5.74) is 4.30. The second kappa shape index (κ2) is 7.58. The fourth-order valence-corrected chi connectivity index (χ4v) is 2.13. The summed E-state index contributed by atoms with van der Waals surface area (Å²) in [5.74, 6) is 0.804. The number of hydrogen-bond acceptors (Lipinski definition) is 1. The molecule has 0 aliphatic heterocycles. The van der Waals surface area contributed by atoms with Crippen LogP contribution in [0.2, 0.25) is 0 Å². The molecule has 18 heavy (non-hydrogen) atoms. The van der Waals surface area contributed by atoms with Crippen LogP contribution in [0.15, 0.2) is 18.2 Å². The minimum absolute atomic E-state index is 0.608. The molecule has 0 amide bonds. The minimum atomic E-state index is 0.608. The van der Waals surface area contributed by atoms with Crippen molar-refractivity contribution in [2.45, 2.75) is 59.9 Å². The van der Waals surface area contributed by atoms with Crippen LogP contribution in [0.3, 0.4) is 0 Å². The zero-order valence-corrected chi connectivity index (χ0v) is 12.7. The number of aryl methyl sites for hydroxylation is 3. The Labute approximate surface area is 113 Å². The summed E-state index contributed by atoms with van der Waals surface area (Å²) in [6, 6.07) is 7.47. The highest BCUT2D eigenvalue weighted by atomic mass is 14.9. The summed E-state index contributed by atoms with van der Waals surface area (Å²) < 4.78 is 0. The van der Waals surface area contributed by atoms with Gasteiger partial charge in [-0.1, -0.05) is 39.0 Å². The normalized spacial score (nSPS) is 13.0. The third kappa shape index (κ3) is 5.68. The predicted molar refractivity (Wildman–Crippen MR) is 81.2 cm³/mol. The van der Waals surface area contributed by atoms with Crippen molar-refractivity contribution in [3.8, 4) is 0 Å². The summed E-state index contributed by atoms with van der Waals surface area (Å²) in [6.45, 7) is 12.3. The van der Waals surface area contributed by atoms with Crippen molar-refractivity contribution in [1.29, 1.82) is 0 Å². The fourth-order valence-electron chi connectivity index (χ4n) is 2.13. The van der Waals surface area contributed by atoms with E-state index in [2.05, 4.69) is 58.1 Å². The summed E-state index contributed by atoms with van der Waals surface area (Å²) >= 11 is 0. The molecule has 0 spiro atoms. The van der Waals surface area contributed by atoms with Gasteiger partial charge in [-0.3, -0.25) is 0 Å². The highest BCUT2D eigenvalue weighted by Gasteiger charge is 2.04. The van der Waals surface area contributed by atoms with Crippen molar-refractivity contribution in [3.63, 3.8) is 0 Å². The molecular weight excluding hydrogens is 218 g/mol. The van der Waals surface area contributed by atoms with Crippen molar-refractivity contribution >= 4 is 0 Å². The minimum Gasteiger partial charge on any atom is -0.315 e. The van der Waals surface area contributed by atoms with E-state index in [1.165, 1.54) is 36.0 Å². The van der Waals surface area contributed by atoms with E-state index < -0.39 is 0 Å². The first-order valence-electron chi connectivity index (χ1n) is 7.28. The molecule has 1 unspecified atom stereocenters. The van der Waals surface area contributed by atoms with E-state index in [1.807, 2.05) is 0 Å². The van der Waals surface area contributed by atoms with Gasteiger partial charge in [0.25, 0.3) is 0 Å². The zero-order chi connectivity index (χ0) is 13.5. The van der Waals surface area contributed by atoms with Crippen molar-refractivity contribution in [2.24, 2.45) is 5.92 Å². The lowest BCUT2D eigenvalue weighted by Gasteiger charge is -2.14. The van der Waals surface area contributed by atoms with Gasteiger partial charge in [0.05, 0.1) is 0 Å². The Bertz CT molecular complexity index is 355. The molecule has 0 radical (unpaired) electrons. The topological polar surface area (TPSA) is 12.0 Å². The average molecular weight is 247 g/mol. The number of benzene rings is 1. The molecule has 0 saturated carbocycles. The molecule has 0 saturated heterocycles. The zero-order valence-electron chi connectivity index (χ0n) is 12.7. The molecule has 0 aromatic heterocycles. The van der Waals surface area contributed by atoms with E-state index in [9.17, 15) is 0 Å². The van der Waals surface area contributed by atoms with Gasteiger partial charge < -0.3 is 5.32 Å². The monoisotopic (exact) mass is 247 g/mol. The van der Waals surface area contributed by atoms with Crippen molar-refractivity contribution in [2.75, 3.05) is 6.54 Å². The second-order valence-electron chi connectivity index (χ2n) is 5.96. The van der Waals surface area contributed by atoms with Gasteiger partial charge in [0.15, 0.2) is 0 Å². The smallest absolute Gasteiger partial charge is 0.00103 e. The molecule has 1 aromatic rings. The molecule has 0 aliphatic carbocycles. The third-order valence-electron chi connectivity index (χ3n) is 3.69. The Hall–Kier alpha value is -0.820. The van der Waals surface area contributed by atoms with Gasteiger partial charge in [-0.05, 0) is 62.3 Å². The van der Waals surface area contributed by atoms with Gasteiger partial charge in [0.1, 0.15) is 0 Å². The quantitative estimate of drug-likeness (QED) is 0.759. The molecule has 1 aromatic carbocycles. The molecule has 0 aliphatic rings. The highest BCUT2D eigenvalue weighted by molar-refractivity contribution is 5.29. The Morgan fingerprint density at radius 1 is 1.00 bits per heavy atom. The van der Waals surface area contributed by atoms with Gasteiger partial charge in [-0.2, -0.15) is 0 Å². The van der Waals surface area contributed by atoms with Crippen LogP contribution in [0.4, 0.5) is 0 Å². The molecule has 0 bridgehead atoms. The fraction of sp³-hybridized carbons (Fsp3) is 0.647. The summed E-state index contributed by atoms with van der Waals surface area (Å²) in [7, 11) is 0. The standard InChI is InChI=1S/C17H29N/c1-13(2)18-11-10-14(3)6-8-17-9-7-15(4)16(5)12-17/h7,9,12-14,18H,6,8,10-11H2,1-5H3. The maximum absolute atomic E-state index is 3.49. The van der Waals surface area contributed by atoms with E-state index in [0.717, 1.165) is 12.5 Å². The summed E-state index contributed by atoms with van der Waals surface area (Å²) in [4.78, 5) is 0. The Balaban J connectivity index is 2.29. The number of rotatable bonds is 7. The van der Waals surface area contributed by atoms with Gasteiger partial charge in [0, 0.05) is 6.04 Å². The van der Waals surface area contributed by atoms with Crippen LogP contribution in [0.1, 0.15) is 50.3 Å².